The van der Waals surface area contributed by atoms with Gasteiger partial charge in [-0.15, -0.1) is 11.3 Å². The van der Waals surface area contributed by atoms with E-state index in [-0.39, 0.29) is 6.09 Å². The molecular formula is C20H27N3O4S2. The highest BCUT2D eigenvalue weighted by Crippen LogP contribution is 2.33. The number of likely N-dealkylation sites (tertiary alicyclic amines) is 1. The van der Waals surface area contributed by atoms with Crippen LogP contribution in [0, 0.1) is 0 Å². The summed E-state index contributed by atoms with van der Waals surface area (Å²) in [4.78, 5) is 18.8. The molecule has 1 aliphatic heterocycles. The van der Waals surface area contributed by atoms with Crippen molar-refractivity contribution >= 4 is 33.1 Å². The van der Waals surface area contributed by atoms with Crippen molar-refractivity contribution < 1.29 is 17.9 Å². The van der Waals surface area contributed by atoms with E-state index in [1.54, 1.807) is 28.4 Å². The van der Waals surface area contributed by atoms with Gasteiger partial charge in [0.2, 0.25) is 10.0 Å². The van der Waals surface area contributed by atoms with Crippen LogP contribution in [0.5, 0.6) is 0 Å². The normalized spacial score (nSPS) is 15.9. The number of thiazole rings is 1. The number of hydrogen-bond acceptors (Lipinski definition) is 6. The maximum Gasteiger partial charge on any atom is 0.410 e. The smallest absolute Gasteiger partial charge is 0.410 e. The van der Waals surface area contributed by atoms with Crippen molar-refractivity contribution in [2.75, 3.05) is 24.1 Å². The molecule has 29 heavy (non-hydrogen) atoms. The Balaban J connectivity index is 1.60. The lowest BCUT2D eigenvalue weighted by Crippen LogP contribution is -2.41. The Morgan fingerprint density at radius 1 is 1.21 bits per heavy atom. The Hall–Kier alpha value is -2.13. The number of rotatable bonds is 4. The summed E-state index contributed by atoms with van der Waals surface area (Å²) in [5, 5.41) is 2.98. The molecule has 9 heteroatoms. The lowest BCUT2D eigenvalue weighted by Gasteiger charge is -2.32. The van der Waals surface area contributed by atoms with Gasteiger partial charge in [-0.25, -0.2) is 18.2 Å². The van der Waals surface area contributed by atoms with Crippen LogP contribution < -0.4 is 4.72 Å². The number of carbonyl (C=O) groups excluding carboxylic acids is 1. The molecule has 1 saturated heterocycles. The predicted octanol–water partition coefficient (Wildman–Crippen LogP) is 4.30. The van der Waals surface area contributed by atoms with Crippen LogP contribution in [-0.2, 0) is 14.8 Å². The molecule has 0 aliphatic carbocycles. The number of amides is 1. The molecular weight excluding hydrogens is 410 g/mol. The maximum atomic E-state index is 12.2. The van der Waals surface area contributed by atoms with Crippen LogP contribution in [0.1, 0.15) is 45.2 Å². The first kappa shape index (κ1) is 21.6. The monoisotopic (exact) mass is 437 g/mol. The van der Waals surface area contributed by atoms with Gasteiger partial charge in [0.25, 0.3) is 0 Å². The van der Waals surface area contributed by atoms with Crippen LogP contribution in [0.2, 0.25) is 0 Å². The Morgan fingerprint density at radius 2 is 1.83 bits per heavy atom. The van der Waals surface area contributed by atoms with Crippen molar-refractivity contribution in [1.29, 1.82) is 0 Å². The first-order valence-electron chi connectivity index (χ1n) is 9.52. The summed E-state index contributed by atoms with van der Waals surface area (Å²) in [6, 6.07) is 7.19. The Labute approximate surface area is 176 Å². The van der Waals surface area contributed by atoms with Crippen molar-refractivity contribution in [3.05, 3.63) is 35.3 Å². The summed E-state index contributed by atoms with van der Waals surface area (Å²) in [5.41, 5.74) is 2.05. The summed E-state index contributed by atoms with van der Waals surface area (Å²) in [6.45, 7) is 6.95. The van der Waals surface area contributed by atoms with Crippen LogP contribution in [-0.4, -0.2) is 49.3 Å². The quantitative estimate of drug-likeness (QED) is 0.770. The second-order valence-corrected chi connectivity index (χ2v) is 10.9. The number of aromatic nitrogens is 1. The molecule has 3 rings (SSSR count). The largest absolute Gasteiger partial charge is 0.444 e. The first-order valence-corrected chi connectivity index (χ1v) is 12.3. The number of ether oxygens (including phenoxy) is 1. The number of piperidine rings is 1. The van der Waals surface area contributed by atoms with E-state index in [4.69, 9.17) is 9.72 Å². The van der Waals surface area contributed by atoms with Gasteiger partial charge in [0, 0.05) is 35.6 Å². The van der Waals surface area contributed by atoms with Crippen molar-refractivity contribution in [1.82, 2.24) is 9.88 Å². The van der Waals surface area contributed by atoms with Gasteiger partial charge in [0.05, 0.1) is 11.9 Å². The molecule has 1 N–H and O–H groups in total. The Kier molecular flexibility index (Phi) is 6.19. The number of nitrogens with one attached hydrogen (secondary N) is 1. The van der Waals surface area contributed by atoms with E-state index >= 15 is 0 Å². The third kappa shape index (κ3) is 6.17. The molecule has 1 aromatic heterocycles. The highest BCUT2D eigenvalue weighted by atomic mass is 32.2. The standard InChI is InChI=1S/C20H27N3O4S2/c1-20(2,3)27-19(24)23-11-9-14(10-12-23)17-13-28-18(21-17)15-5-7-16(8-6-15)22-29(4,25)26/h5-8,13-14,22H,9-12H2,1-4H3. The molecule has 0 atom stereocenters. The summed E-state index contributed by atoms with van der Waals surface area (Å²) in [6.07, 6.45) is 2.60. The van der Waals surface area contributed by atoms with Crippen molar-refractivity contribution in [3.63, 3.8) is 0 Å². The zero-order valence-corrected chi connectivity index (χ0v) is 18.8. The molecule has 0 radical (unpaired) electrons. The fraction of sp³-hybridized carbons (Fsp3) is 0.500. The Bertz CT molecular complexity index is 954. The first-order chi connectivity index (χ1) is 13.5. The topological polar surface area (TPSA) is 88.6 Å². The van der Waals surface area contributed by atoms with E-state index in [9.17, 15) is 13.2 Å². The molecule has 7 nitrogen and oxygen atoms in total. The molecule has 1 fully saturated rings. The molecule has 2 aromatic rings. The molecule has 158 valence electrons. The molecule has 1 aliphatic rings. The number of benzene rings is 1. The van der Waals surface area contributed by atoms with E-state index in [0.717, 1.165) is 35.4 Å². The third-order valence-electron chi connectivity index (χ3n) is 4.52. The molecule has 1 aromatic carbocycles. The van der Waals surface area contributed by atoms with Crippen LogP contribution in [0.4, 0.5) is 10.5 Å². The van der Waals surface area contributed by atoms with Crippen LogP contribution in [0.25, 0.3) is 10.6 Å². The average Bonchev–Trinajstić information content (AvgIpc) is 3.10. The van der Waals surface area contributed by atoms with Gasteiger partial charge in [-0.05, 0) is 57.9 Å². The fourth-order valence-electron chi connectivity index (χ4n) is 3.19. The third-order valence-corrected chi connectivity index (χ3v) is 6.04. The van der Waals surface area contributed by atoms with E-state index in [1.165, 1.54) is 0 Å². The summed E-state index contributed by atoms with van der Waals surface area (Å²) >= 11 is 1.58. The lowest BCUT2D eigenvalue weighted by molar-refractivity contribution is 0.0204. The average molecular weight is 438 g/mol. The predicted molar refractivity (Wildman–Crippen MR) is 116 cm³/mol. The second-order valence-electron chi connectivity index (χ2n) is 8.27. The highest BCUT2D eigenvalue weighted by Gasteiger charge is 2.28. The van der Waals surface area contributed by atoms with E-state index in [1.807, 2.05) is 32.9 Å². The minimum absolute atomic E-state index is 0.252. The maximum absolute atomic E-state index is 12.2. The van der Waals surface area contributed by atoms with E-state index in [0.29, 0.717) is 24.7 Å². The number of sulfonamides is 1. The number of hydrogen-bond donors (Lipinski definition) is 1. The van der Waals surface area contributed by atoms with Gasteiger partial charge >= 0.3 is 6.09 Å². The van der Waals surface area contributed by atoms with Gasteiger partial charge in [-0.1, -0.05) is 0 Å². The van der Waals surface area contributed by atoms with Crippen LogP contribution in [0.3, 0.4) is 0 Å². The van der Waals surface area contributed by atoms with E-state index in [2.05, 4.69) is 10.1 Å². The van der Waals surface area contributed by atoms with Crippen molar-refractivity contribution in [3.8, 4) is 10.6 Å². The molecule has 0 spiro atoms. The van der Waals surface area contributed by atoms with Gasteiger partial charge in [0.15, 0.2) is 0 Å². The summed E-state index contributed by atoms with van der Waals surface area (Å²) in [7, 11) is -3.29. The second kappa shape index (κ2) is 8.31. The van der Waals surface area contributed by atoms with Crippen LogP contribution >= 0.6 is 11.3 Å². The minimum atomic E-state index is -3.29. The summed E-state index contributed by atoms with van der Waals surface area (Å²) < 4.78 is 30.5. The molecule has 2 heterocycles. The number of carbonyl (C=O) groups is 1. The Morgan fingerprint density at radius 3 is 2.38 bits per heavy atom. The zero-order valence-electron chi connectivity index (χ0n) is 17.1. The van der Waals surface area contributed by atoms with Crippen molar-refractivity contribution in [2.24, 2.45) is 0 Å². The van der Waals surface area contributed by atoms with Crippen LogP contribution in [0.15, 0.2) is 29.6 Å². The minimum Gasteiger partial charge on any atom is -0.444 e. The lowest BCUT2D eigenvalue weighted by atomic mass is 9.94. The molecule has 0 bridgehead atoms. The molecule has 0 unspecified atom stereocenters. The van der Waals surface area contributed by atoms with E-state index < -0.39 is 15.6 Å². The van der Waals surface area contributed by atoms with Gasteiger partial charge in [0.1, 0.15) is 10.6 Å². The van der Waals surface area contributed by atoms with Crippen molar-refractivity contribution in [2.45, 2.75) is 45.1 Å². The number of nitrogens with zero attached hydrogens (tertiary/aromatic N) is 2. The summed E-state index contributed by atoms with van der Waals surface area (Å²) in [5.74, 6) is 0.324. The molecule has 0 saturated carbocycles. The van der Waals surface area contributed by atoms with Gasteiger partial charge in [-0.2, -0.15) is 0 Å². The zero-order chi connectivity index (χ0) is 21.2. The van der Waals surface area contributed by atoms with Gasteiger partial charge < -0.3 is 9.64 Å². The number of anilines is 1. The SMILES string of the molecule is CC(C)(C)OC(=O)N1CCC(c2csc(-c3ccc(NS(C)(=O)=O)cc3)n2)CC1. The molecule has 1 amide bonds. The van der Waals surface area contributed by atoms with Gasteiger partial charge in [-0.3, -0.25) is 4.72 Å². The highest BCUT2D eigenvalue weighted by molar-refractivity contribution is 7.92. The fourth-order valence-corrected chi connectivity index (χ4v) is 4.66.